The van der Waals surface area contributed by atoms with Crippen molar-refractivity contribution in [3.8, 4) is 24.7 Å². The van der Waals surface area contributed by atoms with Crippen molar-refractivity contribution in [2.45, 2.75) is 160 Å². The maximum absolute atomic E-state index is 13.3. The van der Waals surface area contributed by atoms with Gasteiger partial charge in [0, 0.05) is 61.2 Å². The third-order valence-electron chi connectivity index (χ3n) is 18.0. The molecule has 2 fully saturated rings. The van der Waals surface area contributed by atoms with Gasteiger partial charge in [-0.05, 0) is 164 Å². The van der Waals surface area contributed by atoms with Crippen LogP contribution in [0.25, 0.3) is 33.7 Å². The quantitative estimate of drug-likeness (QED) is 0.00902. The molecule has 0 saturated carbocycles. The number of hydrogen-bond acceptors (Lipinski definition) is 22. The summed E-state index contributed by atoms with van der Waals surface area (Å²) in [5, 5.41) is 48.8. The molecular formula is C78H85Cl3N12O18. The van der Waals surface area contributed by atoms with Crippen LogP contribution in [-0.2, 0) is 52.6 Å². The number of aliphatic hydroxyl groups excluding tert-OH is 1. The van der Waals surface area contributed by atoms with E-state index in [4.69, 9.17) is 57.1 Å². The van der Waals surface area contributed by atoms with Crippen LogP contribution >= 0.6 is 34.8 Å². The minimum atomic E-state index is -1.77. The lowest BCUT2D eigenvalue weighted by molar-refractivity contribution is -0.385. The molecule has 3 aliphatic rings. The second-order valence-corrected chi connectivity index (χ2v) is 30.1. The number of aryl methyl sites for hydroxylation is 2. The number of carbonyl (C=O) groups is 10. The summed E-state index contributed by atoms with van der Waals surface area (Å²) in [6.07, 6.45) is 21.9. The number of nitrogens with zero attached hydrogens (tertiary/aromatic N) is 6. The van der Waals surface area contributed by atoms with E-state index in [-0.39, 0.29) is 41.6 Å². The predicted octanol–water partition coefficient (Wildman–Crippen LogP) is 9.27. The zero-order valence-corrected chi connectivity index (χ0v) is 64.7. The third kappa shape index (κ3) is 23.9. The highest BCUT2D eigenvalue weighted by molar-refractivity contribution is 6.67. The van der Waals surface area contributed by atoms with E-state index >= 15 is 0 Å². The maximum Gasteiger partial charge on any atom is 0.353 e. The highest BCUT2D eigenvalue weighted by Gasteiger charge is 2.38. The molecule has 2 aromatic heterocycles. The molecule has 9 rings (SSSR count). The largest absolute Gasteiger partial charge is 0.460 e. The van der Waals surface area contributed by atoms with Crippen LogP contribution in [0.15, 0.2) is 109 Å². The molecule has 111 heavy (non-hydrogen) atoms. The second kappa shape index (κ2) is 38.4. The number of aromatic nitrogens is 2. The molecule has 0 spiro atoms. The predicted molar refractivity (Wildman–Crippen MR) is 413 cm³/mol. The van der Waals surface area contributed by atoms with Gasteiger partial charge in [-0.1, -0.05) is 95.5 Å². The van der Waals surface area contributed by atoms with Gasteiger partial charge in [-0.2, -0.15) is 0 Å². The van der Waals surface area contributed by atoms with E-state index in [2.05, 4.69) is 58.7 Å². The van der Waals surface area contributed by atoms with Gasteiger partial charge in [-0.15, -0.1) is 24.7 Å². The Balaban J connectivity index is 0.000000241. The standard InChI is InChI=1S/C32H38Cl3N5O6.C30H35N5O5.C16H12N2O7/c1-6-8-25(27(42)37-19(2)28(43)40-14-7-9-26(39-40)29(44)46-18-32(33,34)35)38-30(45)31(4,5)13-12-24-16-23-15-21(20(3)41)10-11-22(23)17-36-24;1-6-8-24-26(36)32-18(2)27(37)35-14-7-9-25(34-35)28(38)40-19(3)20-10-11-21-17-31-23(16-22(21)15-20)12-13-30(4,5)29(39)33-24;1-9-5-3-7-11(17(21)22)13(9)15(19)25-16(20)14-10(2)6-4-8-12(14)18(23)24/h1,10-13,15-17,19-20,25-26,39,41H,7-9,14,18H2,2-5H3,(H,37,42)(H,38,45);1,10-13,15-19,24-25,34H,7-9,14H2,2-5H3,(H,32,36)(H,33,39);3-8H,1-2H3/b2*13-12+;/t19-,20+,25-,26-;18-,19+,24-,25-;/m00./s1. The molecule has 8 atom stereocenters. The number of carbonyl (C=O) groups excluding carboxylic acids is 10. The van der Waals surface area contributed by atoms with Gasteiger partial charge in [0.2, 0.25) is 27.4 Å². The zero-order chi connectivity index (χ0) is 82.0. The number of alkyl halides is 3. The summed E-state index contributed by atoms with van der Waals surface area (Å²) >= 11 is 16.9. The maximum atomic E-state index is 13.3. The first-order chi connectivity index (χ1) is 52.2. The number of amides is 6. The molecule has 30 nitrogen and oxygen atoms in total. The molecule has 5 bridgehead atoms. The smallest absolute Gasteiger partial charge is 0.353 e. The Hall–Kier alpha value is -11.3. The van der Waals surface area contributed by atoms with Crippen LogP contribution in [0.5, 0.6) is 0 Å². The zero-order valence-electron chi connectivity index (χ0n) is 62.4. The van der Waals surface area contributed by atoms with Crippen LogP contribution in [-0.4, -0.2) is 154 Å². The minimum Gasteiger partial charge on any atom is -0.460 e. The van der Waals surface area contributed by atoms with E-state index in [1.165, 1.54) is 55.1 Å². The van der Waals surface area contributed by atoms with E-state index in [1.807, 2.05) is 48.5 Å². The molecule has 0 radical (unpaired) electrons. The summed E-state index contributed by atoms with van der Waals surface area (Å²) in [6, 6.07) is 17.3. The van der Waals surface area contributed by atoms with Gasteiger partial charge in [-0.25, -0.2) is 20.4 Å². The first kappa shape index (κ1) is 87.0. The lowest BCUT2D eigenvalue weighted by Crippen LogP contribution is -2.60. The van der Waals surface area contributed by atoms with Crippen LogP contribution in [0.4, 0.5) is 11.4 Å². The Kier molecular flexibility index (Phi) is 30.1. The van der Waals surface area contributed by atoms with E-state index in [0.29, 0.717) is 43.6 Å². The molecule has 4 aromatic carbocycles. The van der Waals surface area contributed by atoms with Crippen molar-refractivity contribution in [3.63, 3.8) is 0 Å². The number of nitro benzene ring substituents is 2. The van der Waals surface area contributed by atoms with Crippen molar-refractivity contribution in [2.75, 3.05) is 19.7 Å². The normalized spacial score (nSPS) is 19.2. The van der Waals surface area contributed by atoms with Crippen molar-refractivity contribution in [2.24, 2.45) is 10.8 Å². The van der Waals surface area contributed by atoms with Crippen molar-refractivity contribution in [1.29, 1.82) is 0 Å². The van der Waals surface area contributed by atoms with Crippen molar-refractivity contribution in [1.82, 2.24) is 52.1 Å². The number of hydrogen-bond donors (Lipinski definition) is 7. The third-order valence-corrected chi connectivity index (χ3v) is 18.3. The van der Waals surface area contributed by atoms with E-state index in [9.17, 15) is 73.3 Å². The van der Waals surface area contributed by atoms with E-state index < -0.39 is 150 Å². The highest BCUT2D eigenvalue weighted by Crippen LogP contribution is 2.31. The van der Waals surface area contributed by atoms with E-state index in [0.717, 1.165) is 44.8 Å². The van der Waals surface area contributed by atoms with Crippen molar-refractivity contribution < 1.29 is 77.1 Å². The van der Waals surface area contributed by atoms with Gasteiger partial charge in [0.25, 0.3) is 23.2 Å². The van der Waals surface area contributed by atoms with Crippen LogP contribution in [0.3, 0.4) is 0 Å². The number of esters is 4. The number of halogens is 3. The minimum absolute atomic E-state index is 0.0547. The van der Waals surface area contributed by atoms with Crippen LogP contribution in [0.2, 0.25) is 0 Å². The van der Waals surface area contributed by atoms with Gasteiger partial charge < -0.3 is 40.6 Å². The molecule has 7 N–H and O–H groups in total. The topological polar surface area (TPSA) is 409 Å². The van der Waals surface area contributed by atoms with Crippen LogP contribution < -0.4 is 32.1 Å². The van der Waals surface area contributed by atoms with Crippen molar-refractivity contribution >= 4 is 139 Å². The lowest BCUT2D eigenvalue weighted by Gasteiger charge is -2.35. The molecule has 5 heterocycles. The van der Waals surface area contributed by atoms with Gasteiger partial charge in [0.1, 0.15) is 60.1 Å². The van der Waals surface area contributed by atoms with E-state index in [1.54, 1.807) is 85.2 Å². The van der Waals surface area contributed by atoms with Crippen LogP contribution in [0.1, 0.15) is 160 Å². The number of nitro groups is 2. The Labute approximate surface area is 654 Å². The Bertz CT molecular complexity index is 4670. The molecule has 586 valence electrons. The van der Waals surface area contributed by atoms with Crippen molar-refractivity contribution in [3.05, 3.63) is 174 Å². The summed E-state index contributed by atoms with van der Waals surface area (Å²) in [5.41, 5.74) is 5.21. The SMILES string of the molecule is C#CC[C@@H]1NC(=O)C(C)(C)/C=C/c2cc3cc(ccc3cn2)[C@@H](C)OC(=O)[C@@H]2CCCN(N2)C(=O)[C@H](C)NC1=O.C#CC[C@H](NC(=O)C(C)(C)/C=C/c1cc2cc([C@@H](C)O)ccc2cn1)C(=O)N[C@@H](C)C(=O)N1CCC[C@@H](C(=O)OCC(Cl)(Cl)Cl)N1.Cc1cccc([N+](=O)[O-])c1C(=O)OC(=O)c1c(C)cccc1[N+](=O)[O-]. The molecule has 0 unspecified atom stereocenters. The molecule has 33 heteroatoms. The average Bonchev–Trinajstić information content (AvgIpc) is 1.64. The molecule has 6 amide bonds. The fourth-order valence-corrected chi connectivity index (χ4v) is 11.6. The average molecular weight is 1580 g/mol. The number of nitrogens with one attached hydrogen (secondary N) is 6. The number of hydrazine groups is 2. The molecular weight excluding hydrogens is 1500 g/mol. The van der Waals surface area contributed by atoms with Gasteiger partial charge in [-0.3, -0.25) is 78.6 Å². The summed E-state index contributed by atoms with van der Waals surface area (Å²) in [5.74, 6) is -1.86. The number of pyridine rings is 2. The first-order valence-electron chi connectivity index (χ1n) is 35.0. The first-order valence-corrected chi connectivity index (χ1v) is 36.1. The number of cyclic esters (lactones) is 1. The van der Waals surface area contributed by atoms with Gasteiger partial charge in [0.05, 0.1) is 38.2 Å². The second-order valence-electron chi connectivity index (χ2n) is 27.6. The van der Waals surface area contributed by atoms with Crippen LogP contribution in [0, 0.1) is 69.6 Å². The number of benzene rings is 4. The highest BCUT2D eigenvalue weighted by atomic mass is 35.6. The van der Waals surface area contributed by atoms with Gasteiger partial charge >= 0.3 is 23.9 Å². The number of aliphatic hydroxyl groups is 1. The Morgan fingerprint density at radius 3 is 2.02 bits per heavy atom. The number of rotatable bonds is 16. The lowest BCUT2D eigenvalue weighted by atomic mass is 9.90. The van der Waals surface area contributed by atoms with Gasteiger partial charge in [0.15, 0.2) is 0 Å². The summed E-state index contributed by atoms with van der Waals surface area (Å²) in [4.78, 5) is 158. The molecule has 0 aliphatic carbocycles. The number of terminal acetylenes is 2. The summed E-state index contributed by atoms with van der Waals surface area (Å²) in [7, 11) is 0. The molecule has 3 aliphatic heterocycles. The fraction of sp³-hybridized carbons (Fsp3) is 0.385. The Morgan fingerprint density at radius 2 is 1.41 bits per heavy atom. The summed E-state index contributed by atoms with van der Waals surface area (Å²) < 4.78 is 13.7. The molecule has 2 saturated heterocycles. The number of ether oxygens (including phenoxy) is 3. The fourth-order valence-electron chi connectivity index (χ4n) is 11.5. The summed E-state index contributed by atoms with van der Waals surface area (Å²) in [6.45, 7) is 16.4. The molecule has 6 aromatic rings. The number of fused-ring (bicyclic) bond motifs is 5. The monoisotopic (exact) mass is 1580 g/mol. The Morgan fingerprint density at radius 1 is 0.802 bits per heavy atom.